The molecule has 0 aliphatic heterocycles. The van der Waals surface area contributed by atoms with E-state index in [0.717, 1.165) is 23.3 Å². The molecule has 5 nitrogen and oxygen atoms in total. The molecule has 1 N–H and O–H groups in total. The Hall–Kier alpha value is -3.12. The monoisotopic (exact) mass is 437 g/mol. The summed E-state index contributed by atoms with van der Waals surface area (Å²) in [5.74, 6) is 0.210. The molecule has 0 aliphatic rings. The largest absolute Gasteiger partial charge is 0.494 e. The van der Waals surface area contributed by atoms with Crippen molar-refractivity contribution in [2.24, 2.45) is 0 Å². The van der Waals surface area contributed by atoms with Gasteiger partial charge in [0.2, 0.25) is 5.91 Å². The van der Waals surface area contributed by atoms with E-state index in [0.29, 0.717) is 30.0 Å². The zero-order chi connectivity index (χ0) is 22.1. The van der Waals surface area contributed by atoms with Crippen LogP contribution in [-0.4, -0.2) is 25.1 Å². The van der Waals surface area contributed by atoms with E-state index in [-0.39, 0.29) is 12.5 Å². The highest BCUT2D eigenvalue weighted by molar-refractivity contribution is 7.15. The third-order valence-corrected chi connectivity index (χ3v) is 5.65. The SMILES string of the molecule is CCOC(=O)c1c(-c2ccccc2)csc1NC(=O)CCCOc1ccc(CC)cc1. The van der Waals surface area contributed by atoms with Crippen LogP contribution < -0.4 is 10.1 Å². The second-order valence-electron chi connectivity index (χ2n) is 6.94. The lowest BCUT2D eigenvalue weighted by Gasteiger charge is -2.09. The zero-order valence-electron chi connectivity index (χ0n) is 17.9. The van der Waals surface area contributed by atoms with E-state index in [4.69, 9.17) is 9.47 Å². The summed E-state index contributed by atoms with van der Waals surface area (Å²) in [4.78, 5) is 25.1. The first-order chi connectivity index (χ1) is 15.1. The molecule has 1 aromatic heterocycles. The molecule has 0 radical (unpaired) electrons. The second-order valence-corrected chi connectivity index (χ2v) is 7.82. The molecule has 3 rings (SSSR count). The van der Waals surface area contributed by atoms with Gasteiger partial charge < -0.3 is 14.8 Å². The Morgan fingerprint density at radius 3 is 2.42 bits per heavy atom. The summed E-state index contributed by atoms with van der Waals surface area (Å²) in [5, 5.41) is 5.26. The topological polar surface area (TPSA) is 64.6 Å². The second kappa shape index (κ2) is 11.3. The maximum atomic E-state index is 12.6. The fourth-order valence-corrected chi connectivity index (χ4v) is 4.09. The number of esters is 1. The third kappa shape index (κ3) is 6.18. The predicted octanol–water partition coefficient (Wildman–Crippen LogP) is 5.95. The van der Waals surface area contributed by atoms with Crippen molar-refractivity contribution in [3.8, 4) is 16.9 Å². The molecule has 1 amide bonds. The first kappa shape index (κ1) is 22.6. The molecule has 6 heteroatoms. The molecule has 0 saturated heterocycles. The average molecular weight is 438 g/mol. The number of nitrogens with one attached hydrogen (secondary N) is 1. The highest BCUT2D eigenvalue weighted by atomic mass is 32.1. The summed E-state index contributed by atoms with van der Waals surface area (Å²) in [6.07, 6.45) is 1.86. The van der Waals surface area contributed by atoms with Crippen molar-refractivity contribution in [3.05, 3.63) is 71.1 Å². The van der Waals surface area contributed by atoms with Crippen molar-refractivity contribution in [1.82, 2.24) is 0 Å². The Kier molecular flexibility index (Phi) is 8.24. The maximum absolute atomic E-state index is 12.6. The number of aryl methyl sites for hydroxylation is 1. The number of benzene rings is 2. The molecule has 0 aliphatic carbocycles. The maximum Gasteiger partial charge on any atom is 0.341 e. The van der Waals surface area contributed by atoms with Crippen molar-refractivity contribution in [2.45, 2.75) is 33.1 Å². The van der Waals surface area contributed by atoms with Crippen LogP contribution in [0.5, 0.6) is 5.75 Å². The standard InChI is InChI=1S/C25H27NO4S/c1-3-18-12-14-20(15-13-18)30-16-8-11-22(27)26-24-23(25(28)29-4-2)21(17-31-24)19-9-6-5-7-10-19/h5-7,9-10,12-15,17H,3-4,8,11,16H2,1-2H3,(H,26,27). The summed E-state index contributed by atoms with van der Waals surface area (Å²) in [6.45, 7) is 4.59. The number of carbonyl (C=O) groups excluding carboxylic acids is 2. The van der Waals surface area contributed by atoms with Crippen LogP contribution >= 0.6 is 11.3 Å². The van der Waals surface area contributed by atoms with Crippen LogP contribution in [0.2, 0.25) is 0 Å². The summed E-state index contributed by atoms with van der Waals surface area (Å²) < 4.78 is 10.9. The molecule has 2 aromatic carbocycles. The highest BCUT2D eigenvalue weighted by Crippen LogP contribution is 2.36. The Bertz CT molecular complexity index is 996. The van der Waals surface area contributed by atoms with Crippen molar-refractivity contribution >= 4 is 28.2 Å². The van der Waals surface area contributed by atoms with Crippen LogP contribution in [-0.2, 0) is 16.0 Å². The highest BCUT2D eigenvalue weighted by Gasteiger charge is 2.22. The van der Waals surface area contributed by atoms with Gasteiger partial charge in [0.25, 0.3) is 0 Å². The van der Waals surface area contributed by atoms with E-state index in [9.17, 15) is 9.59 Å². The normalized spacial score (nSPS) is 10.5. The fraction of sp³-hybridized carbons (Fsp3) is 0.280. The molecule has 0 fully saturated rings. The quantitative estimate of drug-likeness (QED) is 0.314. The molecular formula is C25H27NO4S. The van der Waals surface area contributed by atoms with Gasteiger partial charge in [-0.05, 0) is 43.0 Å². The van der Waals surface area contributed by atoms with Gasteiger partial charge >= 0.3 is 5.97 Å². The molecular weight excluding hydrogens is 410 g/mol. The van der Waals surface area contributed by atoms with E-state index in [2.05, 4.69) is 12.2 Å². The lowest BCUT2D eigenvalue weighted by molar-refractivity contribution is -0.116. The minimum absolute atomic E-state index is 0.156. The molecule has 1 heterocycles. The van der Waals surface area contributed by atoms with Gasteiger partial charge in [-0.1, -0.05) is 49.4 Å². The Morgan fingerprint density at radius 1 is 1.00 bits per heavy atom. The minimum atomic E-state index is -0.434. The van der Waals surface area contributed by atoms with Crippen LogP contribution in [0.25, 0.3) is 11.1 Å². The van der Waals surface area contributed by atoms with Crippen molar-refractivity contribution in [1.29, 1.82) is 0 Å². The van der Waals surface area contributed by atoms with E-state index in [1.807, 2.05) is 60.0 Å². The summed E-state index contributed by atoms with van der Waals surface area (Å²) in [6, 6.07) is 17.6. The van der Waals surface area contributed by atoms with Gasteiger partial charge in [-0.25, -0.2) is 4.79 Å². The number of amides is 1. The minimum Gasteiger partial charge on any atom is -0.494 e. The van der Waals surface area contributed by atoms with Gasteiger partial charge in [0.1, 0.15) is 16.3 Å². The van der Waals surface area contributed by atoms with Gasteiger partial charge in [0.15, 0.2) is 0 Å². The zero-order valence-corrected chi connectivity index (χ0v) is 18.7. The fourth-order valence-electron chi connectivity index (χ4n) is 3.12. The Morgan fingerprint density at radius 2 is 1.74 bits per heavy atom. The Labute approximate surface area is 187 Å². The van der Waals surface area contributed by atoms with Crippen LogP contribution in [0.15, 0.2) is 60.0 Å². The lowest BCUT2D eigenvalue weighted by Crippen LogP contribution is -2.15. The molecule has 0 spiro atoms. The first-order valence-corrected chi connectivity index (χ1v) is 11.4. The number of anilines is 1. The molecule has 162 valence electrons. The summed E-state index contributed by atoms with van der Waals surface area (Å²) in [5.41, 5.74) is 3.33. The number of thiophene rings is 1. The predicted molar refractivity (Wildman–Crippen MR) is 125 cm³/mol. The molecule has 31 heavy (non-hydrogen) atoms. The number of rotatable bonds is 10. The van der Waals surface area contributed by atoms with Crippen LogP contribution in [0.4, 0.5) is 5.00 Å². The number of hydrogen-bond donors (Lipinski definition) is 1. The van der Waals surface area contributed by atoms with Crippen molar-refractivity contribution in [2.75, 3.05) is 18.5 Å². The van der Waals surface area contributed by atoms with E-state index in [1.165, 1.54) is 16.9 Å². The molecule has 0 saturated carbocycles. The molecule has 0 unspecified atom stereocenters. The summed E-state index contributed by atoms with van der Waals surface area (Å²) >= 11 is 1.33. The molecule has 0 bridgehead atoms. The Balaban J connectivity index is 1.59. The van der Waals surface area contributed by atoms with Crippen molar-refractivity contribution < 1.29 is 19.1 Å². The van der Waals surface area contributed by atoms with Crippen molar-refractivity contribution in [3.63, 3.8) is 0 Å². The van der Waals surface area contributed by atoms with Crippen LogP contribution in [0.1, 0.15) is 42.6 Å². The third-order valence-electron chi connectivity index (χ3n) is 4.76. The van der Waals surface area contributed by atoms with Gasteiger partial charge in [0, 0.05) is 17.4 Å². The smallest absolute Gasteiger partial charge is 0.341 e. The number of hydrogen-bond acceptors (Lipinski definition) is 5. The van der Waals surface area contributed by atoms with Gasteiger partial charge in [0.05, 0.1) is 13.2 Å². The first-order valence-electron chi connectivity index (χ1n) is 10.5. The van der Waals surface area contributed by atoms with Crippen LogP contribution in [0, 0.1) is 0 Å². The van der Waals surface area contributed by atoms with Gasteiger partial charge in [-0.3, -0.25) is 4.79 Å². The molecule has 3 aromatic rings. The average Bonchev–Trinajstić information content (AvgIpc) is 3.21. The summed E-state index contributed by atoms with van der Waals surface area (Å²) in [7, 11) is 0. The molecule has 0 atom stereocenters. The van der Waals surface area contributed by atoms with E-state index in [1.54, 1.807) is 6.92 Å². The number of carbonyl (C=O) groups is 2. The van der Waals surface area contributed by atoms with Gasteiger partial charge in [-0.2, -0.15) is 0 Å². The lowest BCUT2D eigenvalue weighted by atomic mass is 10.0. The van der Waals surface area contributed by atoms with E-state index < -0.39 is 5.97 Å². The van der Waals surface area contributed by atoms with E-state index >= 15 is 0 Å². The van der Waals surface area contributed by atoms with Crippen LogP contribution in [0.3, 0.4) is 0 Å². The van der Waals surface area contributed by atoms with Gasteiger partial charge in [-0.15, -0.1) is 11.3 Å². The number of ether oxygens (including phenoxy) is 2.